The summed E-state index contributed by atoms with van der Waals surface area (Å²) in [5, 5.41) is 9.89. The second-order valence-corrected chi connectivity index (χ2v) is 5.02. The average Bonchev–Trinajstić information content (AvgIpc) is 2.31. The Kier molecular flexibility index (Phi) is 3.88. The largest absolute Gasteiger partial charge is 0.384 e. The van der Waals surface area contributed by atoms with Gasteiger partial charge in [0.05, 0.1) is 5.02 Å². The number of halogens is 3. The van der Waals surface area contributed by atoms with E-state index in [0.29, 0.717) is 5.56 Å². The van der Waals surface area contributed by atoms with Crippen molar-refractivity contribution in [1.82, 2.24) is 0 Å². The monoisotopic (exact) mass is 282 g/mol. The quantitative estimate of drug-likeness (QED) is 0.814. The lowest BCUT2D eigenvalue weighted by atomic mass is 9.97. The van der Waals surface area contributed by atoms with E-state index in [1.54, 1.807) is 12.1 Å². The van der Waals surface area contributed by atoms with Gasteiger partial charge in [0.2, 0.25) is 0 Å². The smallest absolute Gasteiger partial charge is 0.142 e. The molecular weight excluding hydrogens is 270 g/mol. The van der Waals surface area contributed by atoms with Gasteiger partial charge in [-0.25, -0.2) is 8.78 Å². The van der Waals surface area contributed by atoms with Crippen LogP contribution in [-0.2, 0) is 0 Å². The first-order valence-corrected chi connectivity index (χ1v) is 6.17. The predicted molar refractivity (Wildman–Crippen MR) is 71.3 cm³/mol. The fraction of sp³-hybridized carbons (Fsp3) is 0.200. The van der Waals surface area contributed by atoms with Crippen LogP contribution in [0.5, 0.6) is 0 Å². The minimum absolute atomic E-state index is 0.119. The number of aliphatic hydroxyl groups is 1. The topological polar surface area (TPSA) is 20.2 Å². The molecule has 0 aliphatic rings. The highest BCUT2D eigenvalue weighted by molar-refractivity contribution is 6.30. The van der Waals surface area contributed by atoms with E-state index in [0.717, 1.165) is 23.3 Å². The van der Waals surface area contributed by atoms with Crippen LogP contribution in [0, 0.1) is 25.5 Å². The van der Waals surface area contributed by atoms with Gasteiger partial charge in [-0.2, -0.15) is 0 Å². The summed E-state index contributed by atoms with van der Waals surface area (Å²) in [5.41, 5.74) is 2.30. The van der Waals surface area contributed by atoms with Crippen molar-refractivity contribution in [1.29, 1.82) is 0 Å². The summed E-state index contributed by atoms with van der Waals surface area (Å²) in [4.78, 5) is 0. The first-order chi connectivity index (χ1) is 8.88. The molecule has 1 nitrogen and oxygen atoms in total. The van der Waals surface area contributed by atoms with Crippen LogP contribution in [0.4, 0.5) is 8.78 Å². The van der Waals surface area contributed by atoms with Crippen LogP contribution < -0.4 is 0 Å². The van der Waals surface area contributed by atoms with Crippen molar-refractivity contribution < 1.29 is 13.9 Å². The Morgan fingerprint density at radius 1 is 0.947 bits per heavy atom. The van der Waals surface area contributed by atoms with Crippen molar-refractivity contribution in [3.05, 3.63) is 69.2 Å². The van der Waals surface area contributed by atoms with E-state index in [-0.39, 0.29) is 10.6 Å². The summed E-state index contributed by atoms with van der Waals surface area (Å²) in [6.07, 6.45) is -1.22. The van der Waals surface area contributed by atoms with Gasteiger partial charge < -0.3 is 5.11 Å². The molecule has 0 heterocycles. The molecule has 0 aliphatic heterocycles. The fourth-order valence-electron chi connectivity index (χ4n) is 2.09. The molecule has 0 saturated heterocycles. The zero-order valence-electron chi connectivity index (χ0n) is 10.5. The average molecular weight is 283 g/mol. The Hall–Kier alpha value is -1.45. The van der Waals surface area contributed by atoms with Crippen LogP contribution in [0.15, 0.2) is 30.3 Å². The maximum absolute atomic E-state index is 13.8. The molecule has 19 heavy (non-hydrogen) atoms. The molecule has 0 aromatic heterocycles. The molecule has 0 bridgehead atoms. The Morgan fingerprint density at radius 2 is 1.53 bits per heavy atom. The normalized spacial score (nSPS) is 12.5. The molecule has 0 fully saturated rings. The zero-order valence-corrected chi connectivity index (χ0v) is 11.3. The molecule has 0 aliphatic carbocycles. The highest BCUT2D eigenvalue weighted by atomic mass is 35.5. The number of benzene rings is 2. The Bertz CT molecular complexity index is 606. The first-order valence-electron chi connectivity index (χ1n) is 5.79. The Balaban J connectivity index is 2.49. The number of rotatable bonds is 2. The second-order valence-electron chi connectivity index (χ2n) is 4.61. The Labute approximate surface area is 115 Å². The molecule has 100 valence electrons. The van der Waals surface area contributed by atoms with Crippen molar-refractivity contribution in [2.75, 3.05) is 0 Å². The maximum atomic E-state index is 13.8. The van der Waals surface area contributed by atoms with Gasteiger partial charge in [0.15, 0.2) is 0 Å². The van der Waals surface area contributed by atoms with E-state index >= 15 is 0 Å². The molecule has 2 aromatic carbocycles. The fourth-order valence-corrected chi connectivity index (χ4v) is 2.25. The van der Waals surface area contributed by atoms with E-state index in [2.05, 4.69) is 0 Å². The van der Waals surface area contributed by atoms with Crippen LogP contribution in [0.3, 0.4) is 0 Å². The van der Waals surface area contributed by atoms with E-state index < -0.39 is 17.7 Å². The summed E-state index contributed by atoms with van der Waals surface area (Å²) in [6, 6.07) is 7.22. The van der Waals surface area contributed by atoms with Gasteiger partial charge in [0.25, 0.3) is 0 Å². The highest BCUT2D eigenvalue weighted by Crippen LogP contribution is 2.29. The van der Waals surface area contributed by atoms with E-state index in [9.17, 15) is 13.9 Å². The van der Waals surface area contributed by atoms with E-state index in [1.165, 1.54) is 0 Å². The number of aryl methyl sites for hydroxylation is 2. The number of hydrogen-bond donors (Lipinski definition) is 1. The van der Waals surface area contributed by atoms with Crippen molar-refractivity contribution in [3.8, 4) is 0 Å². The predicted octanol–water partition coefficient (Wildman–Crippen LogP) is 4.32. The number of aliphatic hydroxyl groups excluding tert-OH is 1. The SMILES string of the molecule is Cc1cc(C)cc(C(O)c2cc(F)c(Cl)cc2F)c1. The molecule has 1 atom stereocenters. The maximum Gasteiger partial charge on any atom is 0.142 e. The summed E-state index contributed by atoms with van der Waals surface area (Å²) >= 11 is 5.49. The van der Waals surface area contributed by atoms with Crippen LogP contribution in [0.25, 0.3) is 0 Å². The molecule has 2 aromatic rings. The minimum atomic E-state index is -1.22. The van der Waals surface area contributed by atoms with Gasteiger partial charge >= 0.3 is 0 Å². The molecule has 4 heteroatoms. The van der Waals surface area contributed by atoms with Crippen molar-refractivity contribution >= 4 is 11.6 Å². The van der Waals surface area contributed by atoms with E-state index in [4.69, 9.17) is 11.6 Å². The summed E-state index contributed by atoms with van der Waals surface area (Å²) < 4.78 is 27.1. The molecule has 0 radical (unpaired) electrons. The third kappa shape index (κ3) is 2.94. The third-order valence-electron chi connectivity index (χ3n) is 2.89. The van der Waals surface area contributed by atoms with Crippen LogP contribution >= 0.6 is 11.6 Å². The third-order valence-corrected chi connectivity index (χ3v) is 3.18. The summed E-state index contributed by atoms with van der Waals surface area (Å²) in [7, 11) is 0. The van der Waals surface area contributed by atoms with Gasteiger partial charge in [-0.3, -0.25) is 0 Å². The standard InChI is InChI=1S/C15H13ClF2O/c1-8-3-9(2)5-10(4-8)15(19)11-6-14(18)12(16)7-13(11)17/h3-7,15,19H,1-2H3. The first kappa shape index (κ1) is 14.0. The van der Waals surface area contributed by atoms with Gasteiger partial charge in [-0.05, 0) is 31.5 Å². The van der Waals surface area contributed by atoms with E-state index in [1.807, 2.05) is 19.9 Å². The molecule has 0 saturated carbocycles. The molecule has 1 unspecified atom stereocenters. The molecule has 0 spiro atoms. The van der Waals surface area contributed by atoms with Crippen molar-refractivity contribution in [3.63, 3.8) is 0 Å². The molecular formula is C15H13ClF2O. The lowest BCUT2D eigenvalue weighted by molar-refractivity contribution is 0.214. The van der Waals surface area contributed by atoms with Crippen LogP contribution in [-0.4, -0.2) is 5.11 Å². The van der Waals surface area contributed by atoms with Gasteiger partial charge in [0.1, 0.15) is 17.7 Å². The van der Waals surface area contributed by atoms with Crippen molar-refractivity contribution in [2.45, 2.75) is 20.0 Å². The van der Waals surface area contributed by atoms with Gasteiger partial charge in [-0.15, -0.1) is 0 Å². The van der Waals surface area contributed by atoms with Crippen LogP contribution in [0.2, 0.25) is 5.02 Å². The Morgan fingerprint density at radius 3 is 2.11 bits per heavy atom. The lowest BCUT2D eigenvalue weighted by Crippen LogP contribution is -2.04. The zero-order chi connectivity index (χ0) is 14.2. The minimum Gasteiger partial charge on any atom is -0.384 e. The second kappa shape index (κ2) is 5.27. The number of hydrogen-bond acceptors (Lipinski definition) is 1. The molecule has 0 amide bonds. The summed E-state index contributed by atoms with van der Waals surface area (Å²) in [5.74, 6) is -1.47. The molecule has 2 rings (SSSR count). The lowest BCUT2D eigenvalue weighted by Gasteiger charge is -2.14. The molecule has 1 N–H and O–H groups in total. The van der Waals surface area contributed by atoms with Gasteiger partial charge in [-0.1, -0.05) is 40.9 Å². The highest BCUT2D eigenvalue weighted by Gasteiger charge is 2.18. The van der Waals surface area contributed by atoms with Crippen LogP contribution in [0.1, 0.15) is 28.4 Å². The van der Waals surface area contributed by atoms with Gasteiger partial charge in [0, 0.05) is 5.56 Å². The summed E-state index contributed by atoms with van der Waals surface area (Å²) in [6.45, 7) is 3.75. The van der Waals surface area contributed by atoms with Crippen molar-refractivity contribution in [2.24, 2.45) is 0 Å².